The smallest absolute Gasteiger partial charge is 0.387 e. The van der Waals surface area contributed by atoms with Crippen LogP contribution in [0.15, 0.2) is 45.6 Å². The van der Waals surface area contributed by atoms with Gasteiger partial charge in [-0.1, -0.05) is 4.98 Å². The molecule has 8 heterocycles. The number of phosphoric acid groups is 3. The molecule has 3 aliphatic heterocycles. The number of alkyl halides is 1. The summed E-state index contributed by atoms with van der Waals surface area (Å²) in [6.45, 7) is -3.83. The minimum atomic E-state index is -6.23. The lowest BCUT2D eigenvalue weighted by Crippen LogP contribution is -2.45. The quantitative estimate of drug-likeness (QED) is 0.0281. The van der Waals surface area contributed by atoms with Crippen molar-refractivity contribution in [1.82, 2.24) is 43.6 Å². The Kier molecular flexibility index (Phi) is 15.1. The van der Waals surface area contributed by atoms with Gasteiger partial charge in [-0.05, 0) is 0 Å². The number of halogens is 1. The number of aliphatic hydroxyl groups excluding tert-OH is 3. The Morgan fingerprint density at radius 3 is 2.12 bits per heavy atom. The van der Waals surface area contributed by atoms with Gasteiger partial charge in [0.05, 0.1) is 45.9 Å². The van der Waals surface area contributed by atoms with Gasteiger partial charge in [0.1, 0.15) is 48.0 Å². The number of aryl methyl sites for hydroxylation is 1. The average molecular weight is 1110 g/mol. The Balaban J connectivity index is 0.945. The summed E-state index contributed by atoms with van der Waals surface area (Å²) < 4.78 is 119. The Morgan fingerprint density at radius 1 is 0.806 bits per heavy atom. The second-order valence-electron chi connectivity index (χ2n) is 16.1. The molecule has 35 nitrogen and oxygen atoms in total. The third-order valence-corrected chi connectivity index (χ3v) is 17.5. The molecule has 13 N–H and O–H groups in total. The first-order valence-electron chi connectivity index (χ1n) is 20.5. The van der Waals surface area contributed by atoms with E-state index in [1.165, 1.54) is 29.6 Å². The van der Waals surface area contributed by atoms with Gasteiger partial charge in [0.25, 0.3) is 17.1 Å². The van der Waals surface area contributed by atoms with Gasteiger partial charge in [-0.3, -0.25) is 46.9 Å². The first-order valence-corrected chi connectivity index (χ1v) is 26.7. The van der Waals surface area contributed by atoms with E-state index in [2.05, 4.69) is 33.5 Å². The Labute approximate surface area is 398 Å². The summed E-state index contributed by atoms with van der Waals surface area (Å²) in [5.41, 5.74) is 6.33. The van der Waals surface area contributed by atoms with Crippen molar-refractivity contribution in [3.05, 3.63) is 62.4 Å². The summed E-state index contributed by atoms with van der Waals surface area (Å²) in [6, 6.07) is 0.895. The molecule has 4 unspecified atom stereocenters. The van der Waals surface area contributed by atoms with Crippen molar-refractivity contribution in [1.29, 1.82) is 0 Å². The van der Waals surface area contributed by atoms with Crippen LogP contribution in [0, 0.1) is 5.92 Å². The number of anilines is 2. The molecular formula is C32H44FN12O23P4+. The number of nitrogens with two attached hydrogens (primary N) is 2. The number of rotatable bonds is 19. The molecule has 396 valence electrons. The summed E-state index contributed by atoms with van der Waals surface area (Å²) in [4.78, 5) is 99.1. The van der Waals surface area contributed by atoms with Gasteiger partial charge in [-0.25, -0.2) is 42.4 Å². The lowest BCUT2D eigenvalue weighted by atomic mass is 9.99. The van der Waals surface area contributed by atoms with E-state index in [4.69, 9.17) is 44.0 Å². The zero-order valence-electron chi connectivity index (χ0n) is 36.7. The third-order valence-electron chi connectivity index (χ3n) is 11.4. The van der Waals surface area contributed by atoms with Crippen molar-refractivity contribution >= 4 is 65.2 Å². The lowest BCUT2D eigenvalue weighted by Gasteiger charge is -2.26. The molecule has 16 atom stereocenters. The normalized spacial score (nSPS) is 31.1. The summed E-state index contributed by atoms with van der Waals surface area (Å²) in [5, 5.41) is 32.5. The number of H-pyrrole nitrogens is 2. The van der Waals surface area contributed by atoms with Crippen LogP contribution >= 0.6 is 31.1 Å². The molecule has 3 aliphatic rings. The Morgan fingerprint density at radius 2 is 1.46 bits per heavy atom. The monoisotopic (exact) mass is 1110 g/mol. The van der Waals surface area contributed by atoms with Crippen LogP contribution in [0.25, 0.3) is 22.3 Å². The number of nitrogen functional groups attached to an aromatic ring is 2. The van der Waals surface area contributed by atoms with Crippen molar-refractivity contribution in [3.63, 3.8) is 0 Å². The van der Waals surface area contributed by atoms with Crippen molar-refractivity contribution in [2.75, 3.05) is 45.0 Å². The highest BCUT2D eigenvalue weighted by molar-refractivity contribution is 7.66. The van der Waals surface area contributed by atoms with Crippen LogP contribution in [0.3, 0.4) is 0 Å². The molecule has 0 amide bonds. The topological polar surface area (TPSA) is 498 Å². The maximum Gasteiger partial charge on any atom is 0.490 e. The largest absolute Gasteiger partial charge is 0.490 e. The van der Waals surface area contributed by atoms with Gasteiger partial charge >= 0.3 is 42.4 Å². The van der Waals surface area contributed by atoms with Crippen LogP contribution in [0.4, 0.5) is 16.2 Å². The molecule has 5 aromatic heterocycles. The SMILES string of the molecule is COC[C@H]1[C@@H](O)[C@H]([n+]2cn(C)c3c(=O)[nH]c(N)nc32)O[C@@H]1COP(=O)(O)OP(=O)(O)OP(=O)(O)OC[C@H]1O[C@@H](n2cnc3c(N)ncnc32)[C@H](F)[C@@H]1P(=O)(O)OC[C@H]1O[C@@H](n2ccc(=O)[nH]c2=O)[C@H](O)[C@@H]1O. The number of imidazole rings is 2. The molecule has 0 aromatic carbocycles. The van der Waals surface area contributed by atoms with E-state index in [0.29, 0.717) is 4.57 Å². The number of methoxy groups -OCH3 is 1. The van der Waals surface area contributed by atoms with Crippen molar-refractivity contribution in [2.45, 2.75) is 67.1 Å². The zero-order chi connectivity index (χ0) is 52.4. The fourth-order valence-corrected chi connectivity index (χ4v) is 13.3. The zero-order valence-corrected chi connectivity index (χ0v) is 40.3. The Bertz CT molecular complexity index is 3230. The summed E-state index contributed by atoms with van der Waals surface area (Å²) in [7, 11) is -20.9. The van der Waals surface area contributed by atoms with Gasteiger partial charge in [-0.15, -0.1) is 0 Å². The van der Waals surface area contributed by atoms with E-state index in [1.807, 2.05) is 4.98 Å². The highest BCUT2D eigenvalue weighted by Crippen LogP contribution is 2.68. The summed E-state index contributed by atoms with van der Waals surface area (Å²) in [6.07, 6.45) is -14.0. The molecule has 0 radical (unpaired) electrons. The standard InChI is InChI=1S/C32H43FN12O23P4/c1-42-11-45(26-19(42)27(50)41-31(35)40-26)29-20(47)12(5-60-2)13(64-29)6-62-70(54,55)67-72(58,59)68-71(56,57)63-8-15-23(17(33)28(66-15)44-10-38-18-24(34)36-9-37-25(18)44)69(52,53)61-7-14-21(48)22(49)30(65-14)43-4-3-16(46)39-32(43)51/h3-4,9-15,17,20-23,28-30,47-49H,5-8H2,1-2H3,(H9-,34,35,36,37,39,40,41,46,50,51,52,53,54,55,56,57,58,59)/p+1/t12-,13-,14-,15-,17-,20-,21-,22-,23-,28-,29-,30-/m1/s1. The summed E-state index contributed by atoms with van der Waals surface area (Å²) >= 11 is 0. The molecule has 3 saturated heterocycles. The minimum absolute atomic E-state index is 0.0221. The highest BCUT2D eigenvalue weighted by Gasteiger charge is 2.58. The second kappa shape index (κ2) is 20.3. The molecule has 72 heavy (non-hydrogen) atoms. The average Bonchev–Trinajstić information content (AvgIpc) is 4.08. The van der Waals surface area contributed by atoms with Gasteiger partial charge in [0, 0.05) is 25.3 Å². The molecule has 0 spiro atoms. The van der Waals surface area contributed by atoms with Crippen LogP contribution < -0.4 is 32.8 Å². The number of nitrogens with zero attached hydrogens (tertiary/aromatic N) is 8. The number of aliphatic hydroxyl groups is 3. The van der Waals surface area contributed by atoms with Crippen LogP contribution in [0.5, 0.6) is 0 Å². The first kappa shape index (κ1) is 53.7. The molecule has 5 aromatic rings. The molecule has 3 fully saturated rings. The fourth-order valence-electron chi connectivity index (χ4n) is 8.20. The molecule has 40 heteroatoms. The number of aromatic amines is 2. The van der Waals surface area contributed by atoms with E-state index in [1.54, 1.807) is 0 Å². The van der Waals surface area contributed by atoms with Gasteiger partial charge in [-0.2, -0.15) is 8.62 Å². The predicted molar refractivity (Wildman–Crippen MR) is 230 cm³/mol. The summed E-state index contributed by atoms with van der Waals surface area (Å²) in [5.74, 6) is -1.52. The van der Waals surface area contributed by atoms with Gasteiger partial charge in [0.2, 0.25) is 11.7 Å². The first-order chi connectivity index (χ1) is 33.7. The third kappa shape index (κ3) is 10.8. The minimum Gasteiger partial charge on any atom is -0.387 e. The second-order valence-corrected chi connectivity index (χ2v) is 22.7. The van der Waals surface area contributed by atoms with E-state index in [-0.39, 0.29) is 40.7 Å². The van der Waals surface area contributed by atoms with Crippen molar-refractivity contribution in [2.24, 2.45) is 13.0 Å². The van der Waals surface area contributed by atoms with Crippen LogP contribution in [-0.4, -0.2) is 160 Å². The maximum absolute atomic E-state index is 16.6. The van der Waals surface area contributed by atoms with Crippen molar-refractivity contribution in [3.8, 4) is 0 Å². The number of nitrogens with one attached hydrogen (secondary N) is 2. The van der Waals surface area contributed by atoms with E-state index < -0.39 is 141 Å². The van der Waals surface area contributed by atoms with Crippen LogP contribution in [0.1, 0.15) is 18.7 Å². The van der Waals surface area contributed by atoms with Crippen LogP contribution in [-0.2, 0) is 66.4 Å². The number of aromatic nitrogens is 10. The predicted octanol–water partition coefficient (Wildman–Crippen LogP) is -3.58. The number of phosphoric ester groups is 2. The Hall–Kier alpha value is -4.61. The van der Waals surface area contributed by atoms with E-state index >= 15 is 4.39 Å². The number of fused-ring (bicyclic) bond motifs is 2. The van der Waals surface area contributed by atoms with Gasteiger partial charge in [0.15, 0.2) is 36.4 Å². The van der Waals surface area contributed by atoms with E-state index in [0.717, 1.165) is 29.5 Å². The molecular weight excluding hydrogens is 1060 g/mol. The molecule has 0 saturated carbocycles. The van der Waals surface area contributed by atoms with Crippen molar-refractivity contribution < 1.29 is 103 Å². The number of hydrogen-bond acceptors (Lipinski definition) is 25. The number of ether oxygens (including phenoxy) is 4. The van der Waals surface area contributed by atoms with E-state index in [9.17, 15) is 67.5 Å². The lowest BCUT2D eigenvalue weighted by molar-refractivity contribution is -0.745. The number of hydrogen-bond donors (Lipinski definition) is 11. The molecule has 0 aliphatic carbocycles. The van der Waals surface area contributed by atoms with Crippen LogP contribution in [0.2, 0.25) is 0 Å². The fraction of sp³-hybridized carbons (Fsp3) is 0.562. The molecule has 8 rings (SSSR count). The molecule has 0 bridgehead atoms. The highest BCUT2D eigenvalue weighted by atomic mass is 31.3. The maximum atomic E-state index is 16.6. The van der Waals surface area contributed by atoms with Gasteiger partial charge < -0.3 is 69.8 Å².